The zero-order valence-electron chi connectivity index (χ0n) is 12.0. The van der Waals surface area contributed by atoms with Crippen LogP contribution in [0.4, 0.5) is 0 Å². The number of hydrogen-bond donors (Lipinski definition) is 1. The fourth-order valence-corrected chi connectivity index (χ4v) is 2.93. The van der Waals surface area contributed by atoms with Gasteiger partial charge in [0.15, 0.2) is 0 Å². The lowest BCUT2D eigenvalue weighted by Gasteiger charge is -2.41. The summed E-state index contributed by atoms with van der Waals surface area (Å²) >= 11 is 0. The Labute approximate surface area is 110 Å². The second kappa shape index (κ2) is 5.02. The smallest absolute Gasteiger partial charge is 0.0729 e. The van der Waals surface area contributed by atoms with Crippen molar-refractivity contribution in [1.29, 1.82) is 0 Å². The molecule has 2 atom stereocenters. The van der Waals surface area contributed by atoms with Crippen molar-refractivity contribution in [3.05, 3.63) is 17.5 Å². The Kier molecular flexibility index (Phi) is 3.78. The molecule has 0 aliphatic carbocycles. The van der Waals surface area contributed by atoms with Gasteiger partial charge in [0.2, 0.25) is 0 Å². The summed E-state index contributed by atoms with van der Waals surface area (Å²) < 4.78 is 2.01. The summed E-state index contributed by atoms with van der Waals surface area (Å²) in [5.41, 5.74) is 1.64. The highest BCUT2D eigenvalue weighted by Crippen LogP contribution is 2.29. The second-order valence-electron chi connectivity index (χ2n) is 5.78. The van der Waals surface area contributed by atoms with Crippen molar-refractivity contribution in [3.63, 3.8) is 0 Å². The minimum atomic E-state index is -0.564. The third kappa shape index (κ3) is 2.75. The lowest BCUT2D eigenvalue weighted by atomic mass is 9.83. The van der Waals surface area contributed by atoms with Crippen LogP contribution in [0.1, 0.15) is 38.1 Å². The molecule has 0 radical (unpaired) electrons. The van der Waals surface area contributed by atoms with Gasteiger partial charge in [0.05, 0.1) is 11.3 Å². The van der Waals surface area contributed by atoms with E-state index in [0.29, 0.717) is 6.04 Å². The highest BCUT2D eigenvalue weighted by molar-refractivity contribution is 5.12. The van der Waals surface area contributed by atoms with Gasteiger partial charge in [0.1, 0.15) is 0 Å². The van der Waals surface area contributed by atoms with Crippen LogP contribution in [0, 0.1) is 6.92 Å². The molecule has 1 aromatic heterocycles. The van der Waals surface area contributed by atoms with Gasteiger partial charge < -0.3 is 10.0 Å². The molecule has 18 heavy (non-hydrogen) atoms. The van der Waals surface area contributed by atoms with E-state index < -0.39 is 5.60 Å². The van der Waals surface area contributed by atoms with Crippen LogP contribution in [0.15, 0.2) is 6.07 Å². The van der Waals surface area contributed by atoms with Gasteiger partial charge in [-0.2, -0.15) is 5.10 Å². The molecule has 1 aromatic rings. The highest BCUT2D eigenvalue weighted by Gasteiger charge is 2.35. The molecule has 1 aliphatic rings. The van der Waals surface area contributed by atoms with Crippen molar-refractivity contribution in [2.24, 2.45) is 0 Å². The summed E-state index contributed by atoms with van der Waals surface area (Å²) in [5, 5.41) is 15.2. The molecule has 1 aliphatic heterocycles. The maximum absolute atomic E-state index is 10.8. The summed E-state index contributed by atoms with van der Waals surface area (Å²) in [7, 11) is 2.13. The normalized spacial score (nSPS) is 29.7. The SMILES string of the molecule is CCn1nc(C)cc1CC1(O)CCN(C)C(C)C1. The van der Waals surface area contributed by atoms with Crippen LogP contribution < -0.4 is 0 Å². The van der Waals surface area contributed by atoms with Gasteiger partial charge >= 0.3 is 0 Å². The lowest BCUT2D eigenvalue weighted by Crippen LogP contribution is -2.49. The van der Waals surface area contributed by atoms with E-state index in [1.165, 1.54) is 0 Å². The first-order valence-corrected chi connectivity index (χ1v) is 6.89. The Morgan fingerprint density at radius 2 is 2.28 bits per heavy atom. The Balaban J connectivity index is 2.12. The molecular formula is C14H25N3O. The largest absolute Gasteiger partial charge is 0.389 e. The Morgan fingerprint density at radius 1 is 1.56 bits per heavy atom. The van der Waals surface area contributed by atoms with Gasteiger partial charge in [-0.1, -0.05) is 0 Å². The molecule has 4 nitrogen and oxygen atoms in total. The number of rotatable bonds is 3. The molecule has 0 aromatic carbocycles. The standard InChI is InChI=1S/C14H25N3O/c1-5-17-13(8-11(2)15-17)10-14(18)6-7-16(4)12(3)9-14/h8,12,18H,5-7,9-10H2,1-4H3. The zero-order valence-corrected chi connectivity index (χ0v) is 12.0. The van der Waals surface area contributed by atoms with Crippen molar-refractivity contribution >= 4 is 0 Å². The monoisotopic (exact) mass is 251 g/mol. The summed E-state index contributed by atoms with van der Waals surface area (Å²) in [6.45, 7) is 8.13. The molecular weight excluding hydrogens is 226 g/mol. The fraction of sp³-hybridized carbons (Fsp3) is 0.786. The third-order valence-electron chi connectivity index (χ3n) is 4.15. The number of likely N-dealkylation sites (tertiary alicyclic amines) is 1. The average molecular weight is 251 g/mol. The molecule has 2 heterocycles. The van der Waals surface area contributed by atoms with E-state index in [9.17, 15) is 5.11 Å². The summed E-state index contributed by atoms with van der Waals surface area (Å²) in [5.74, 6) is 0. The van der Waals surface area contributed by atoms with E-state index in [1.54, 1.807) is 0 Å². The Morgan fingerprint density at radius 3 is 2.89 bits per heavy atom. The number of piperidine rings is 1. The molecule has 102 valence electrons. The molecule has 4 heteroatoms. The molecule has 1 saturated heterocycles. The molecule has 0 spiro atoms. The molecule has 2 rings (SSSR count). The number of aliphatic hydroxyl groups is 1. The van der Waals surface area contributed by atoms with Gasteiger partial charge in [0, 0.05) is 31.2 Å². The minimum Gasteiger partial charge on any atom is -0.389 e. The van der Waals surface area contributed by atoms with Crippen molar-refractivity contribution in [2.45, 2.75) is 58.2 Å². The quantitative estimate of drug-likeness (QED) is 0.887. The zero-order chi connectivity index (χ0) is 13.3. The maximum Gasteiger partial charge on any atom is 0.0729 e. The average Bonchev–Trinajstić information content (AvgIpc) is 2.64. The van der Waals surface area contributed by atoms with Gasteiger partial charge in [-0.25, -0.2) is 0 Å². The summed E-state index contributed by atoms with van der Waals surface area (Å²) in [6, 6.07) is 2.55. The van der Waals surface area contributed by atoms with Crippen LogP contribution >= 0.6 is 0 Å². The second-order valence-corrected chi connectivity index (χ2v) is 5.78. The van der Waals surface area contributed by atoms with Crippen molar-refractivity contribution in [2.75, 3.05) is 13.6 Å². The van der Waals surface area contributed by atoms with Crippen LogP contribution in [0.3, 0.4) is 0 Å². The minimum absolute atomic E-state index is 0.447. The molecule has 0 bridgehead atoms. The third-order valence-corrected chi connectivity index (χ3v) is 4.15. The Hall–Kier alpha value is -0.870. The molecule has 0 amide bonds. The topological polar surface area (TPSA) is 41.3 Å². The van der Waals surface area contributed by atoms with E-state index in [-0.39, 0.29) is 0 Å². The van der Waals surface area contributed by atoms with Crippen molar-refractivity contribution < 1.29 is 5.11 Å². The first-order chi connectivity index (χ1) is 8.43. The first-order valence-electron chi connectivity index (χ1n) is 6.89. The molecule has 1 fully saturated rings. The predicted molar refractivity (Wildman–Crippen MR) is 72.6 cm³/mol. The van der Waals surface area contributed by atoms with Crippen LogP contribution in [-0.2, 0) is 13.0 Å². The van der Waals surface area contributed by atoms with Crippen LogP contribution in [0.2, 0.25) is 0 Å². The van der Waals surface area contributed by atoms with E-state index in [4.69, 9.17) is 0 Å². The van der Waals surface area contributed by atoms with E-state index >= 15 is 0 Å². The molecule has 0 saturated carbocycles. The lowest BCUT2D eigenvalue weighted by molar-refractivity contribution is -0.0366. The molecule has 2 unspecified atom stereocenters. The molecule has 1 N–H and O–H groups in total. The van der Waals surface area contributed by atoms with Crippen molar-refractivity contribution in [3.8, 4) is 0 Å². The maximum atomic E-state index is 10.8. The number of aryl methyl sites for hydroxylation is 2. The number of nitrogens with zero attached hydrogens (tertiary/aromatic N) is 3. The van der Waals surface area contributed by atoms with Crippen molar-refractivity contribution in [1.82, 2.24) is 14.7 Å². The Bertz CT molecular complexity index is 415. The number of hydrogen-bond acceptors (Lipinski definition) is 3. The van der Waals surface area contributed by atoms with E-state index in [2.05, 4.69) is 37.0 Å². The number of aromatic nitrogens is 2. The predicted octanol–water partition coefficient (Wildman–Crippen LogP) is 1.60. The first kappa shape index (κ1) is 13.6. The van der Waals surface area contributed by atoms with Crippen LogP contribution in [0.25, 0.3) is 0 Å². The fourth-order valence-electron chi connectivity index (χ4n) is 2.93. The van der Waals surface area contributed by atoms with Gasteiger partial charge in [0.25, 0.3) is 0 Å². The highest BCUT2D eigenvalue weighted by atomic mass is 16.3. The van der Waals surface area contributed by atoms with E-state index in [0.717, 1.165) is 43.7 Å². The summed E-state index contributed by atoms with van der Waals surface area (Å²) in [6.07, 6.45) is 2.42. The van der Waals surface area contributed by atoms with E-state index in [1.807, 2.05) is 11.6 Å². The van der Waals surface area contributed by atoms with Gasteiger partial charge in [-0.15, -0.1) is 0 Å². The van der Waals surface area contributed by atoms with Crippen LogP contribution in [0.5, 0.6) is 0 Å². The van der Waals surface area contributed by atoms with Gasteiger partial charge in [-0.05, 0) is 46.7 Å². The van der Waals surface area contributed by atoms with Gasteiger partial charge in [-0.3, -0.25) is 4.68 Å². The summed E-state index contributed by atoms with van der Waals surface area (Å²) in [4.78, 5) is 2.32. The van der Waals surface area contributed by atoms with Crippen LogP contribution in [-0.4, -0.2) is 45.0 Å².